The van der Waals surface area contributed by atoms with E-state index in [1.807, 2.05) is 35.4 Å². The van der Waals surface area contributed by atoms with Crippen molar-refractivity contribution in [2.75, 3.05) is 5.32 Å². The summed E-state index contributed by atoms with van der Waals surface area (Å²) in [6.07, 6.45) is 7.29. The highest BCUT2D eigenvalue weighted by atomic mass is 19.2. The highest BCUT2D eigenvalue weighted by molar-refractivity contribution is 5.89. The van der Waals surface area contributed by atoms with Gasteiger partial charge in [0.15, 0.2) is 11.6 Å². The number of halogens is 2. The van der Waals surface area contributed by atoms with Crippen LogP contribution in [0.25, 0.3) is 0 Å². The smallest absolute Gasteiger partial charge is 0.322 e. The van der Waals surface area contributed by atoms with Crippen LogP contribution in [0.3, 0.4) is 0 Å². The first-order valence-corrected chi connectivity index (χ1v) is 11.2. The van der Waals surface area contributed by atoms with Gasteiger partial charge in [-0.25, -0.2) is 13.6 Å². The molecule has 1 aliphatic rings. The van der Waals surface area contributed by atoms with Crippen molar-refractivity contribution in [1.29, 1.82) is 0 Å². The Labute approximate surface area is 187 Å². The zero-order valence-corrected chi connectivity index (χ0v) is 18.4. The van der Waals surface area contributed by atoms with Gasteiger partial charge >= 0.3 is 6.03 Å². The minimum atomic E-state index is -0.973. The summed E-state index contributed by atoms with van der Waals surface area (Å²) < 4.78 is 29.1. The number of hydrogen-bond acceptors (Lipinski definition) is 1. The lowest BCUT2D eigenvalue weighted by Crippen LogP contribution is -2.43. The third-order valence-corrected chi connectivity index (χ3v) is 6.31. The molecule has 0 bridgehead atoms. The fourth-order valence-electron chi connectivity index (χ4n) is 4.42. The molecule has 0 saturated heterocycles. The molecule has 32 heavy (non-hydrogen) atoms. The molecule has 0 aliphatic heterocycles. The van der Waals surface area contributed by atoms with Gasteiger partial charge in [-0.3, -0.25) is 0 Å². The van der Waals surface area contributed by atoms with Crippen molar-refractivity contribution in [2.45, 2.75) is 58.2 Å². The summed E-state index contributed by atoms with van der Waals surface area (Å²) in [7, 11) is 0. The van der Waals surface area contributed by atoms with E-state index in [2.05, 4.69) is 28.9 Å². The molecule has 168 valence electrons. The van der Waals surface area contributed by atoms with Crippen LogP contribution in [0.2, 0.25) is 0 Å². The Morgan fingerprint density at radius 2 is 1.81 bits per heavy atom. The molecule has 1 aromatic heterocycles. The molecule has 0 unspecified atom stereocenters. The Morgan fingerprint density at radius 1 is 1.03 bits per heavy atom. The highest BCUT2D eigenvalue weighted by Gasteiger charge is 2.26. The van der Waals surface area contributed by atoms with E-state index in [0.717, 1.165) is 50.1 Å². The van der Waals surface area contributed by atoms with Crippen molar-refractivity contribution in [1.82, 2.24) is 9.47 Å². The summed E-state index contributed by atoms with van der Waals surface area (Å²) in [5.74, 6) is -1.90. The molecule has 3 aromatic rings. The van der Waals surface area contributed by atoms with Crippen LogP contribution in [0.1, 0.15) is 48.9 Å². The summed E-state index contributed by atoms with van der Waals surface area (Å²) in [4.78, 5) is 15.1. The number of hydrogen-bond donors (Lipinski definition) is 1. The van der Waals surface area contributed by atoms with Crippen LogP contribution in [0.15, 0.2) is 60.8 Å². The van der Waals surface area contributed by atoms with Crippen LogP contribution in [-0.4, -0.2) is 21.5 Å². The van der Waals surface area contributed by atoms with Gasteiger partial charge in [0.25, 0.3) is 0 Å². The minimum Gasteiger partial charge on any atom is -0.345 e. The summed E-state index contributed by atoms with van der Waals surface area (Å²) in [5.41, 5.74) is 3.76. The molecule has 1 aliphatic carbocycles. The van der Waals surface area contributed by atoms with Crippen molar-refractivity contribution in [2.24, 2.45) is 0 Å². The normalized spacial score (nSPS) is 14.3. The highest BCUT2D eigenvalue weighted by Crippen LogP contribution is 2.26. The second-order valence-corrected chi connectivity index (χ2v) is 8.53. The van der Waals surface area contributed by atoms with Gasteiger partial charge in [0.05, 0.1) is 6.54 Å². The number of carbonyl (C=O) groups is 1. The maximum absolute atomic E-state index is 13.6. The van der Waals surface area contributed by atoms with Crippen LogP contribution in [0.5, 0.6) is 0 Å². The minimum absolute atomic E-state index is 0.121. The van der Waals surface area contributed by atoms with E-state index in [4.69, 9.17) is 0 Å². The van der Waals surface area contributed by atoms with E-state index in [-0.39, 0.29) is 17.8 Å². The average molecular weight is 438 g/mol. The number of aromatic nitrogens is 1. The quantitative estimate of drug-likeness (QED) is 0.470. The molecule has 6 heteroatoms. The second-order valence-electron chi connectivity index (χ2n) is 8.53. The predicted octanol–water partition coefficient (Wildman–Crippen LogP) is 6.49. The first kappa shape index (κ1) is 22.1. The van der Waals surface area contributed by atoms with Gasteiger partial charge in [-0.15, -0.1) is 0 Å². The third-order valence-electron chi connectivity index (χ3n) is 6.31. The summed E-state index contributed by atoms with van der Waals surface area (Å²) in [5, 5.41) is 2.77. The van der Waals surface area contributed by atoms with Crippen molar-refractivity contribution in [3.05, 3.63) is 89.2 Å². The molecule has 0 atom stereocenters. The zero-order valence-electron chi connectivity index (χ0n) is 18.4. The monoisotopic (exact) mass is 437 g/mol. The topological polar surface area (TPSA) is 37.3 Å². The predicted molar refractivity (Wildman–Crippen MR) is 123 cm³/mol. The summed E-state index contributed by atoms with van der Waals surface area (Å²) >= 11 is 0. The van der Waals surface area contributed by atoms with Gasteiger partial charge < -0.3 is 14.8 Å². The van der Waals surface area contributed by atoms with Gasteiger partial charge in [-0.2, -0.15) is 0 Å². The Morgan fingerprint density at radius 3 is 2.56 bits per heavy atom. The molecular formula is C26H29F2N3O. The van der Waals surface area contributed by atoms with Gasteiger partial charge in [0.2, 0.25) is 0 Å². The Hall–Kier alpha value is -3.15. The maximum Gasteiger partial charge on any atom is 0.322 e. The average Bonchev–Trinajstić information content (AvgIpc) is 3.23. The van der Waals surface area contributed by atoms with Gasteiger partial charge in [-0.1, -0.05) is 43.5 Å². The van der Waals surface area contributed by atoms with Crippen molar-refractivity contribution < 1.29 is 13.6 Å². The van der Waals surface area contributed by atoms with Crippen molar-refractivity contribution in [3.63, 3.8) is 0 Å². The van der Waals surface area contributed by atoms with Crippen molar-refractivity contribution >= 4 is 11.7 Å². The van der Waals surface area contributed by atoms with Gasteiger partial charge in [-0.05, 0) is 55.2 Å². The molecule has 2 amide bonds. The molecule has 1 saturated carbocycles. The number of carbonyl (C=O) groups excluding carboxylic acids is 1. The SMILES string of the molecule is Cc1ccccc1Cn1cccc1CN(C(=O)Nc1ccc(F)c(F)c1)C1CCCCC1. The number of urea groups is 1. The Bertz CT molecular complexity index is 1070. The van der Waals surface area contributed by atoms with Gasteiger partial charge in [0.1, 0.15) is 0 Å². The molecule has 1 heterocycles. The lowest BCUT2D eigenvalue weighted by molar-refractivity contribution is 0.161. The molecule has 2 aromatic carbocycles. The molecule has 0 radical (unpaired) electrons. The van der Waals surface area contributed by atoms with Gasteiger partial charge in [0, 0.05) is 36.2 Å². The maximum atomic E-state index is 13.6. The van der Waals surface area contributed by atoms with Crippen LogP contribution < -0.4 is 5.32 Å². The van der Waals surface area contributed by atoms with Crippen LogP contribution in [0.4, 0.5) is 19.3 Å². The lowest BCUT2D eigenvalue weighted by Gasteiger charge is -2.34. The number of benzene rings is 2. The van der Waals surface area contributed by atoms with E-state index < -0.39 is 11.6 Å². The molecule has 4 rings (SSSR count). The summed E-state index contributed by atoms with van der Waals surface area (Å²) in [6, 6.07) is 15.6. The first-order chi connectivity index (χ1) is 15.5. The summed E-state index contributed by atoms with van der Waals surface area (Å²) in [6.45, 7) is 3.29. The van der Waals surface area contributed by atoms with Crippen LogP contribution in [-0.2, 0) is 13.1 Å². The fourth-order valence-corrected chi connectivity index (χ4v) is 4.42. The third kappa shape index (κ3) is 5.18. The molecule has 1 N–H and O–H groups in total. The number of rotatable bonds is 6. The van der Waals surface area contributed by atoms with Crippen LogP contribution >= 0.6 is 0 Å². The Balaban J connectivity index is 1.55. The standard InChI is InChI=1S/C26H29F2N3O/c1-19-8-5-6-9-20(19)17-30-15-7-12-23(30)18-31(22-10-3-2-4-11-22)26(32)29-21-13-14-24(27)25(28)16-21/h5-9,12-16,22H,2-4,10-11,17-18H2,1H3,(H,29,32). The molecular weight excluding hydrogens is 408 g/mol. The van der Waals surface area contributed by atoms with E-state index in [1.165, 1.54) is 23.6 Å². The number of aryl methyl sites for hydroxylation is 1. The van der Waals surface area contributed by atoms with E-state index in [0.29, 0.717) is 6.54 Å². The van der Waals surface area contributed by atoms with E-state index in [1.54, 1.807) is 0 Å². The number of amides is 2. The molecule has 1 fully saturated rings. The number of nitrogens with one attached hydrogen (secondary N) is 1. The zero-order chi connectivity index (χ0) is 22.5. The molecule has 0 spiro atoms. The fraction of sp³-hybridized carbons (Fsp3) is 0.346. The molecule has 4 nitrogen and oxygen atoms in total. The van der Waals surface area contributed by atoms with E-state index in [9.17, 15) is 13.6 Å². The lowest BCUT2D eigenvalue weighted by atomic mass is 9.94. The first-order valence-electron chi connectivity index (χ1n) is 11.2. The van der Waals surface area contributed by atoms with Crippen molar-refractivity contribution in [3.8, 4) is 0 Å². The van der Waals surface area contributed by atoms with Crippen LogP contribution in [0, 0.1) is 18.6 Å². The second kappa shape index (κ2) is 9.98. The van der Waals surface area contributed by atoms with E-state index >= 15 is 0 Å². The number of anilines is 1. The Kier molecular flexibility index (Phi) is 6.88. The largest absolute Gasteiger partial charge is 0.345 e. The number of nitrogens with zero attached hydrogens (tertiary/aromatic N) is 2.